The van der Waals surface area contributed by atoms with Gasteiger partial charge in [-0.3, -0.25) is 0 Å². The Labute approximate surface area is 110 Å². The van der Waals surface area contributed by atoms with Gasteiger partial charge in [-0.15, -0.1) is 0 Å². The normalized spacial score (nSPS) is 18.9. The van der Waals surface area contributed by atoms with Gasteiger partial charge < -0.3 is 15.0 Å². The van der Waals surface area contributed by atoms with E-state index in [4.69, 9.17) is 10.5 Å². The molecule has 1 unspecified atom stereocenters. The number of aromatic nitrogens is 1. The first-order valence-electron chi connectivity index (χ1n) is 7.26. The van der Waals surface area contributed by atoms with E-state index in [1.165, 1.54) is 36.2 Å². The Bertz CT molecular complexity index is 384. The number of unbranched alkanes of at least 4 members (excludes halogenated alkanes) is 1. The first-order chi connectivity index (χ1) is 8.74. The summed E-state index contributed by atoms with van der Waals surface area (Å²) in [5, 5.41) is 0. The van der Waals surface area contributed by atoms with Crippen molar-refractivity contribution in [2.75, 3.05) is 13.2 Å². The maximum absolute atomic E-state index is 6.18. The van der Waals surface area contributed by atoms with E-state index in [1.54, 1.807) is 0 Å². The average Bonchev–Trinajstić information content (AvgIpc) is 2.68. The molecule has 1 heterocycles. The molecule has 1 aliphatic rings. The largest absolute Gasteiger partial charge is 0.380 e. The molecule has 0 saturated heterocycles. The van der Waals surface area contributed by atoms with Gasteiger partial charge in [0.05, 0.1) is 6.61 Å². The number of fused-ring (bicyclic) bond motifs is 1. The van der Waals surface area contributed by atoms with Crippen molar-refractivity contribution < 1.29 is 4.74 Å². The number of nitrogens with two attached hydrogens (primary N) is 1. The summed E-state index contributed by atoms with van der Waals surface area (Å²) in [5.74, 6) is 0. The fraction of sp³-hybridized carbons (Fsp3) is 0.733. The molecule has 0 bridgehead atoms. The van der Waals surface area contributed by atoms with Crippen LogP contribution in [-0.4, -0.2) is 17.8 Å². The SMILES string of the molecule is CCCCOCCn1c(C)cc2c1CCCC2N. The maximum atomic E-state index is 6.18. The molecule has 1 aliphatic carbocycles. The van der Waals surface area contributed by atoms with Gasteiger partial charge >= 0.3 is 0 Å². The summed E-state index contributed by atoms with van der Waals surface area (Å²) >= 11 is 0. The van der Waals surface area contributed by atoms with Gasteiger partial charge in [0.2, 0.25) is 0 Å². The van der Waals surface area contributed by atoms with Crippen LogP contribution in [-0.2, 0) is 17.7 Å². The van der Waals surface area contributed by atoms with Gasteiger partial charge in [0.15, 0.2) is 0 Å². The van der Waals surface area contributed by atoms with Crippen LogP contribution in [0.5, 0.6) is 0 Å². The molecule has 0 radical (unpaired) electrons. The maximum Gasteiger partial charge on any atom is 0.0645 e. The average molecular weight is 250 g/mol. The highest BCUT2D eigenvalue weighted by Crippen LogP contribution is 2.30. The van der Waals surface area contributed by atoms with E-state index < -0.39 is 0 Å². The fourth-order valence-electron chi connectivity index (χ4n) is 2.82. The molecule has 0 aliphatic heterocycles. The highest BCUT2D eigenvalue weighted by atomic mass is 16.5. The summed E-state index contributed by atoms with van der Waals surface area (Å²) < 4.78 is 8.07. The molecule has 0 aromatic carbocycles. The van der Waals surface area contributed by atoms with Crippen molar-refractivity contribution in [1.82, 2.24) is 4.57 Å². The standard InChI is InChI=1S/C15H26N2O/c1-3-4-9-18-10-8-17-12(2)11-13-14(16)6-5-7-15(13)17/h11,14H,3-10,16H2,1-2H3. The van der Waals surface area contributed by atoms with Gasteiger partial charge in [-0.1, -0.05) is 13.3 Å². The quantitative estimate of drug-likeness (QED) is 0.789. The molecule has 1 aromatic heterocycles. The molecule has 1 atom stereocenters. The topological polar surface area (TPSA) is 40.2 Å². The van der Waals surface area contributed by atoms with Crippen molar-refractivity contribution in [3.05, 3.63) is 23.0 Å². The zero-order chi connectivity index (χ0) is 13.0. The first kappa shape index (κ1) is 13.6. The zero-order valence-corrected chi connectivity index (χ0v) is 11.7. The minimum Gasteiger partial charge on any atom is -0.380 e. The van der Waals surface area contributed by atoms with E-state index in [0.717, 1.165) is 32.6 Å². The van der Waals surface area contributed by atoms with Crippen LogP contribution in [0.2, 0.25) is 0 Å². The molecule has 3 nitrogen and oxygen atoms in total. The monoisotopic (exact) mass is 250 g/mol. The Balaban J connectivity index is 1.96. The molecule has 2 rings (SSSR count). The molecule has 1 aromatic rings. The van der Waals surface area contributed by atoms with Gasteiger partial charge in [-0.25, -0.2) is 0 Å². The van der Waals surface area contributed by atoms with Crippen molar-refractivity contribution in [3.8, 4) is 0 Å². The Hall–Kier alpha value is -0.800. The van der Waals surface area contributed by atoms with Crippen LogP contribution in [0.4, 0.5) is 0 Å². The van der Waals surface area contributed by atoms with Crippen molar-refractivity contribution in [3.63, 3.8) is 0 Å². The van der Waals surface area contributed by atoms with Gasteiger partial charge in [0, 0.05) is 30.6 Å². The summed E-state index contributed by atoms with van der Waals surface area (Å²) in [6.07, 6.45) is 5.88. The number of ether oxygens (including phenoxy) is 1. The lowest BCUT2D eigenvalue weighted by atomic mass is 9.93. The third-order valence-corrected chi connectivity index (χ3v) is 3.88. The minimum atomic E-state index is 0.245. The number of aryl methyl sites for hydroxylation is 1. The zero-order valence-electron chi connectivity index (χ0n) is 11.7. The number of hydrogen-bond donors (Lipinski definition) is 1. The van der Waals surface area contributed by atoms with Gasteiger partial charge in [0.25, 0.3) is 0 Å². The van der Waals surface area contributed by atoms with E-state index in [1.807, 2.05) is 0 Å². The summed E-state index contributed by atoms with van der Waals surface area (Å²) in [5.41, 5.74) is 10.3. The fourth-order valence-corrected chi connectivity index (χ4v) is 2.82. The summed E-state index contributed by atoms with van der Waals surface area (Å²) in [6, 6.07) is 2.51. The number of hydrogen-bond acceptors (Lipinski definition) is 2. The highest BCUT2D eigenvalue weighted by molar-refractivity contribution is 5.32. The molecule has 2 N–H and O–H groups in total. The molecular formula is C15H26N2O. The second kappa shape index (κ2) is 6.39. The van der Waals surface area contributed by atoms with Crippen LogP contribution in [0, 0.1) is 6.92 Å². The van der Waals surface area contributed by atoms with Crippen molar-refractivity contribution >= 4 is 0 Å². The Morgan fingerprint density at radius 2 is 2.28 bits per heavy atom. The van der Waals surface area contributed by atoms with Crippen LogP contribution in [0.1, 0.15) is 55.6 Å². The summed E-state index contributed by atoms with van der Waals surface area (Å²) in [7, 11) is 0. The van der Waals surface area contributed by atoms with Crippen molar-refractivity contribution in [1.29, 1.82) is 0 Å². The second-order valence-electron chi connectivity index (χ2n) is 5.30. The second-order valence-corrected chi connectivity index (χ2v) is 5.30. The Morgan fingerprint density at radius 1 is 1.44 bits per heavy atom. The van der Waals surface area contributed by atoms with Gasteiger partial charge in [-0.05, 0) is 44.2 Å². The Morgan fingerprint density at radius 3 is 3.06 bits per heavy atom. The predicted molar refractivity (Wildman–Crippen MR) is 74.8 cm³/mol. The van der Waals surface area contributed by atoms with E-state index in [9.17, 15) is 0 Å². The minimum absolute atomic E-state index is 0.245. The molecule has 0 spiro atoms. The molecule has 0 saturated carbocycles. The van der Waals surface area contributed by atoms with Crippen LogP contribution >= 0.6 is 0 Å². The molecule has 0 amide bonds. The number of nitrogens with zero attached hydrogens (tertiary/aromatic N) is 1. The van der Waals surface area contributed by atoms with Crippen LogP contribution in [0.3, 0.4) is 0 Å². The smallest absolute Gasteiger partial charge is 0.0645 e. The predicted octanol–water partition coefficient (Wildman–Crippen LogP) is 2.95. The summed E-state index contributed by atoms with van der Waals surface area (Å²) in [4.78, 5) is 0. The highest BCUT2D eigenvalue weighted by Gasteiger charge is 2.21. The lowest BCUT2D eigenvalue weighted by Gasteiger charge is -2.21. The summed E-state index contributed by atoms with van der Waals surface area (Å²) in [6.45, 7) is 7.04. The lowest BCUT2D eigenvalue weighted by molar-refractivity contribution is 0.122. The molecule has 0 fully saturated rings. The van der Waals surface area contributed by atoms with E-state index >= 15 is 0 Å². The Kier molecular flexibility index (Phi) is 4.84. The third-order valence-electron chi connectivity index (χ3n) is 3.88. The molecule has 18 heavy (non-hydrogen) atoms. The molecular weight excluding hydrogens is 224 g/mol. The lowest BCUT2D eigenvalue weighted by Crippen LogP contribution is -2.19. The molecule has 3 heteroatoms. The van der Waals surface area contributed by atoms with E-state index in [0.29, 0.717) is 0 Å². The first-order valence-corrected chi connectivity index (χ1v) is 7.26. The van der Waals surface area contributed by atoms with Crippen LogP contribution in [0.25, 0.3) is 0 Å². The van der Waals surface area contributed by atoms with Crippen molar-refractivity contribution in [2.45, 2.75) is 58.5 Å². The van der Waals surface area contributed by atoms with Gasteiger partial charge in [-0.2, -0.15) is 0 Å². The van der Waals surface area contributed by atoms with Crippen LogP contribution < -0.4 is 5.73 Å². The van der Waals surface area contributed by atoms with Crippen molar-refractivity contribution in [2.24, 2.45) is 5.73 Å². The van der Waals surface area contributed by atoms with E-state index in [2.05, 4.69) is 24.5 Å². The molecule has 102 valence electrons. The number of rotatable bonds is 6. The van der Waals surface area contributed by atoms with Crippen LogP contribution in [0.15, 0.2) is 6.07 Å². The third kappa shape index (κ3) is 2.96. The van der Waals surface area contributed by atoms with Gasteiger partial charge in [0.1, 0.15) is 0 Å². The van der Waals surface area contributed by atoms with E-state index in [-0.39, 0.29) is 6.04 Å².